The van der Waals surface area contributed by atoms with Gasteiger partial charge in [-0.1, -0.05) is 25.1 Å². The molecule has 12 nitrogen and oxygen atoms in total. The lowest BCUT2D eigenvalue weighted by molar-refractivity contribution is -0.151. The van der Waals surface area contributed by atoms with Crippen LogP contribution >= 0.6 is 7.60 Å². The second-order valence-electron chi connectivity index (χ2n) is 8.99. The fourth-order valence-corrected chi connectivity index (χ4v) is 5.59. The third kappa shape index (κ3) is 6.74. The zero-order chi connectivity index (χ0) is 27.4. The number of esters is 1. The predicted octanol–water partition coefficient (Wildman–Crippen LogP) is 1.37. The second kappa shape index (κ2) is 11.7. The Labute approximate surface area is 211 Å². The number of carbonyl (C=O) groups excluding carboxylic acids is 1. The van der Waals surface area contributed by atoms with Crippen LogP contribution in [0.15, 0.2) is 52.2 Å². The van der Waals surface area contributed by atoms with Gasteiger partial charge in [0.25, 0.3) is 5.56 Å². The SMILES string of the molecule is CC(C)OC(=O)[C@H](C)CP(=O)(OC[C@H]1O[C@@H](n2ccc(=O)[nH]c2=O)C(O)(CF)[C@H]1O)Oc1ccccc1. The Kier molecular flexibility index (Phi) is 9.09. The van der Waals surface area contributed by atoms with Gasteiger partial charge in [0, 0.05) is 12.3 Å². The molecule has 0 spiro atoms. The number of nitrogens with one attached hydrogen (secondary N) is 1. The molecule has 0 bridgehead atoms. The molecule has 1 saturated heterocycles. The summed E-state index contributed by atoms with van der Waals surface area (Å²) >= 11 is 0. The fourth-order valence-electron chi connectivity index (χ4n) is 3.72. The Morgan fingerprint density at radius 1 is 1.24 bits per heavy atom. The van der Waals surface area contributed by atoms with Gasteiger partial charge in [-0.25, -0.2) is 13.8 Å². The molecule has 1 aliphatic heterocycles. The number of hydrogen-bond donors (Lipinski definition) is 3. The van der Waals surface area contributed by atoms with E-state index < -0.39 is 80.3 Å². The van der Waals surface area contributed by atoms with E-state index in [1.54, 1.807) is 32.0 Å². The summed E-state index contributed by atoms with van der Waals surface area (Å²) in [5.74, 6) is -1.35. The van der Waals surface area contributed by atoms with Gasteiger partial charge in [-0.15, -0.1) is 0 Å². The van der Waals surface area contributed by atoms with Crippen molar-refractivity contribution in [1.29, 1.82) is 0 Å². The summed E-state index contributed by atoms with van der Waals surface area (Å²) in [4.78, 5) is 37.9. The molecule has 37 heavy (non-hydrogen) atoms. The number of carbonyl (C=O) groups is 1. The minimum absolute atomic E-state index is 0.182. The molecule has 14 heteroatoms. The van der Waals surface area contributed by atoms with Crippen molar-refractivity contribution in [2.75, 3.05) is 19.4 Å². The highest BCUT2D eigenvalue weighted by atomic mass is 31.2. The summed E-state index contributed by atoms with van der Waals surface area (Å²) in [5, 5.41) is 21.4. The number of alkyl halides is 1. The van der Waals surface area contributed by atoms with Crippen molar-refractivity contribution in [3.8, 4) is 5.75 Å². The maximum atomic E-state index is 13.9. The topological polar surface area (TPSA) is 166 Å². The molecule has 0 amide bonds. The molecule has 1 aromatic carbocycles. The zero-order valence-electron chi connectivity index (χ0n) is 20.5. The van der Waals surface area contributed by atoms with E-state index in [2.05, 4.69) is 0 Å². The van der Waals surface area contributed by atoms with Crippen LogP contribution in [0.4, 0.5) is 4.39 Å². The molecule has 2 unspecified atom stereocenters. The maximum absolute atomic E-state index is 13.9. The number of halogens is 1. The first-order valence-corrected chi connectivity index (χ1v) is 13.2. The first kappa shape index (κ1) is 28.7. The van der Waals surface area contributed by atoms with E-state index in [-0.39, 0.29) is 5.75 Å². The molecule has 3 rings (SSSR count). The number of aliphatic hydroxyl groups excluding tert-OH is 1. The molecule has 1 aromatic heterocycles. The molecule has 6 atom stereocenters. The molecule has 0 saturated carbocycles. The minimum Gasteiger partial charge on any atom is -0.463 e. The van der Waals surface area contributed by atoms with Crippen molar-refractivity contribution in [1.82, 2.24) is 9.55 Å². The van der Waals surface area contributed by atoms with Gasteiger partial charge >= 0.3 is 19.3 Å². The summed E-state index contributed by atoms with van der Waals surface area (Å²) in [6.07, 6.45) is -4.94. The quantitative estimate of drug-likeness (QED) is 0.278. The van der Waals surface area contributed by atoms with Gasteiger partial charge in [-0.3, -0.25) is 23.7 Å². The van der Waals surface area contributed by atoms with Crippen molar-refractivity contribution >= 4 is 13.6 Å². The Morgan fingerprint density at radius 2 is 1.92 bits per heavy atom. The van der Waals surface area contributed by atoms with Crippen LogP contribution in [0.1, 0.15) is 27.0 Å². The minimum atomic E-state index is -4.12. The number of aromatic nitrogens is 2. The second-order valence-corrected chi connectivity index (χ2v) is 11.0. The van der Waals surface area contributed by atoms with E-state index in [9.17, 15) is 33.6 Å². The standard InChI is InChI=1S/C23H30FN2O10P/c1-14(2)34-20(29)15(3)12-37(32,36-16-7-5-4-6-8-16)33-11-17-19(28)23(31,13-24)21(35-17)26-10-9-18(27)25-22(26)30/h4-10,14-15,17,19,21,28,31H,11-13H2,1-3H3,(H,25,27,30)/t15-,17-,19+,21-,23?,37?/m1/s1. The van der Waals surface area contributed by atoms with E-state index in [0.717, 1.165) is 12.3 Å². The van der Waals surface area contributed by atoms with Gasteiger partial charge in [0.2, 0.25) is 0 Å². The number of H-pyrrole nitrogens is 1. The monoisotopic (exact) mass is 544 g/mol. The van der Waals surface area contributed by atoms with E-state index in [4.69, 9.17) is 18.5 Å². The number of hydrogen-bond acceptors (Lipinski definition) is 10. The lowest BCUT2D eigenvalue weighted by Crippen LogP contribution is -2.51. The number of rotatable bonds is 11. The van der Waals surface area contributed by atoms with Crippen LogP contribution in [-0.4, -0.2) is 69.1 Å². The largest absolute Gasteiger partial charge is 0.463 e. The molecule has 204 valence electrons. The molecule has 0 radical (unpaired) electrons. The average molecular weight is 544 g/mol. The summed E-state index contributed by atoms with van der Waals surface area (Å²) in [6.45, 7) is 2.63. The lowest BCUT2D eigenvalue weighted by Gasteiger charge is -2.28. The van der Waals surface area contributed by atoms with Crippen LogP contribution in [0.2, 0.25) is 0 Å². The first-order valence-electron chi connectivity index (χ1n) is 11.5. The summed E-state index contributed by atoms with van der Waals surface area (Å²) in [5.41, 5.74) is -4.32. The van der Waals surface area contributed by atoms with Crippen molar-refractivity contribution in [2.24, 2.45) is 5.92 Å². The highest BCUT2D eigenvalue weighted by Crippen LogP contribution is 2.51. The predicted molar refractivity (Wildman–Crippen MR) is 128 cm³/mol. The molecule has 2 heterocycles. The number of ether oxygens (including phenoxy) is 2. The summed E-state index contributed by atoms with van der Waals surface area (Å²) < 4.78 is 50.2. The van der Waals surface area contributed by atoms with Gasteiger partial charge in [-0.05, 0) is 26.0 Å². The van der Waals surface area contributed by atoms with Gasteiger partial charge in [0.05, 0.1) is 24.8 Å². The van der Waals surface area contributed by atoms with Crippen LogP contribution in [0.3, 0.4) is 0 Å². The van der Waals surface area contributed by atoms with Gasteiger partial charge in [0.1, 0.15) is 24.6 Å². The van der Waals surface area contributed by atoms with Crippen molar-refractivity contribution in [3.63, 3.8) is 0 Å². The summed E-state index contributed by atoms with van der Waals surface area (Å²) in [7, 11) is -4.12. The number of para-hydroxylation sites is 1. The van der Waals surface area contributed by atoms with Crippen molar-refractivity contribution in [3.05, 3.63) is 63.4 Å². The van der Waals surface area contributed by atoms with Crippen LogP contribution in [-0.2, 0) is 23.4 Å². The Hall–Kier alpha value is -2.83. The summed E-state index contributed by atoms with van der Waals surface area (Å²) in [6, 6.07) is 8.98. The van der Waals surface area contributed by atoms with E-state index in [1.165, 1.54) is 19.1 Å². The highest BCUT2D eigenvalue weighted by Gasteiger charge is 2.57. The zero-order valence-corrected chi connectivity index (χ0v) is 21.4. The first-order chi connectivity index (χ1) is 17.4. The number of aromatic amines is 1. The molecular weight excluding hydrogens is 514 g/mol. The van der Waals surface area contributed by atoms with Crippen molar-refractivity contribution < 1.29 is 42.5 Å². The highest BCUT2D eigenvalue weighted by molar-refractivity contribution is 7.54. The molecular formula is C23H30FN2O10P. The number of aliphatic hydroxyl groups is 2. The lowest BCUT2D eigenvalue weighted by atomic mass is 9.95. The van der Waals surface area contributed by atoms with Crippen LogP contribution < -0.4 is 15.8 Å². The van der Waals surface area contributed by atoms with E-state index in [1.807, 2.05) is 4.98 Å². The third-order valence-corrected chi connectivity index (χ3v) is 7.61. The number of benzene rings is 1. The van der Waals surface area contributed by atoms with Crippen LogP contribution in [0, 0.1) is 5.92 Å². The van der Waals surface area contributed by atoms with Crippen LogP contribution in [0.25, 0.3) is 0 Å². The number of nitrogens with zero attached hydrogens (tertiary/aromatic N) is 1. The van der Waals surface area contributed by atoms with E-state index >= 15 is 0 Å². The van der Waals surface area contributed by atoms with Gasteiger partial charge in [0.15, 0.2) is 11.8 Å². The average Bonchev–Trinajstić information content (AvgIpc) is 3.08. The van der Waals surface area contributed by atoms with Crippen molar-refractivity contribution in [2.45, 2.75) is 50.9 Å². The Bertz CT molecular complexity index is 1240. The normalized spacial score (nSPS) is 26.0. The smallest absolute Gasteiger partial charge is 0.380 e. The molecule has 3 N–H and O–H groups in total. The van der Waals surface area contributed by atoms with E-state index in [0.29, 0.717) is 4.57 Å². The molecule has 1 fully saturated rings. The molecule has 0 aliphatic carbocycles. The molecule has 1 aliphatic rings. The Morgan fingerprint density at radius 3 is 2.51 bits per heavy atom. The third-order valence-electron chi connectivity index (χ3n) is 5.59. The maximum Gasteiger partial charge on any atom is 0.380 e. The van der Waals surface area contributed by atoms with Gasteiger partial charge in [-0.2, -0.15) is 0 Å². The Balaban J connectivity index is 1.83. The fraction of sp³-hybridized carbons (Fsp3) is 0.522. The van der Waals surface area contributed by atoms with Gasteiger partial charge < -0.3 is 24.2 Å². The van der Waals surface area contributed by atoms with Crippen LogP contribution in [0.5, 0.6) is 5.75 Å². The molecule has 2 aromatic rings.